The van der Waals surface area contributed by atoms with Crippen molar-refractivity contribution in [2.24, 2.45) is 0 Å². The fraction of sp³-hybridized carbons (Fsp3) is 0.0714. The fourth-order valence-electron chi connectivity index (χ4n) is 1.67. The molecule has 0 aromatic heterocycles. The number of hydrogen-bond donors (Lipinski definition) is 0. The van der Waals surface area contributed by atoms with Gasteiger partial charge in [-0.05, 0) is 24.3 Å². The lowest BCUT2D eigenvalue weighted by Gasteiger charge is -2.19. The van der Waals surface area contributed by atoms with Gasteiger partial charge in [0.25, 0.3) is 0 Å². The summed E-state index contributed by atoms with van der Waals surface area (Å²) in [7, 11) is -4.15. The second-order valence-electron chi connectivity index (χ2n) is 4.10. The normalized spacial score (nSPS) is 12.0. The first-order chi connectivity index (χ1) is 9.84. The SMILES string of the molecule is O=C(OP(=O)(c1ccccc1)c1ccccc1)C(F)(F)F. The van der Waals surface area contributed by atoms with Gasteiger partial charge < -0.3 is 4.52 Å². The summed E-state index contributed by atoms with van der Waals surface area (Å²) in [5.41, 5.74) is 0. The fourth-order valence-corrected chi connectivity index (χ4v) is 3.65. The molecule has 21 heavy (non-hydrogen) atoms. The first-order valence-electron chi connectivity index (χ1n) is 5.86. The highest BCUT2D eigenvalue weighted by Gasteiger charge is 2.46. The summed E-state index contributed by atoms with van der Waals surface area (Å²) in [4.78, 5) is 11.1. The zero-order chi connectivity index (χ0) is 15.5. The van der Waals surface area contributed by atoms with Crippen LogP contribution in [0.4, 0.5) is 13.2 Å². The molecule has 0 amide bonds. The van der Waals surface area contributed by atoms with E-state index in [1.54, 1.807) is 12.1 Å². The maximum Gasteiger partial charge on any atom is 0.491 e. The maximum absolute atomic E-state index is 12.9. The van der Waals surface area contributed by atoms with E-state index < -0.39 is 19.5 Å². The Morgan fingerprint density at radius 2 is 1.24 bits per heavy atom. The Kier molecular flexibility index (Phi) is 4.19. The number of benzene rings is 2. The van der Waals surface area contributed by atoms with Gasteiger partial charge >= 0.3 is 19.5 Å². The van der Waals surface area contributed by atoms with Gasteiger partial charge in [0, 0.05) is 0 Å². The van der Waals surface area contributed by atoms with Crippen molar-refractivity contribution >= 4 is 23.9 Å². The Morgan fingerprint density at radius 3 is 1.57 bits per heavy atom. The molecule has 0 bridgehead atoms. The van der Waals surface area contributed by atoms with E-state index in [1.165, 1.54) is 48.5 Å². The highest BCUT2D eigenvalue weighted by atomic mass is 31.2. The van der Waals surface area contributed by atoms with Gasteiger partial charge in [0.1, 0.15) is 0 Å². The monoisotopic (exact) mass is 314 g/mol. The molecule has 0 saturated carbocycles. The van der Waals surface area contributed by atoms with Crippen LogP contribution in [0.5, 0.6) is 0 Å². The molecule has 3 nitrogen and oxygen atoms in total. The standard InChI is InChI=1S/C14H10F3O3P/c15-14(16,17)13(18)20-21(19,11-7-3-1-4-8-11)12-9-5-2-6-10-12/h1-10H. The second kappa shape index (κ2) is 5.74. The van der Waals surface area contributed by atoms with Crippen LogP contribution in [0.25, 0.3) is 0 Å². The predicted molar refractivity (Wildman–Crippen MR) is 71.9 cm³/mol. The molecule has 0 radical (unpaired) electrons. The first-order valence-corrected chi connectivity index (χ1v) is 7.48. The van der Waals surface area contributed by atoms with E-state index in [4.69, 9.17) is 0 Å². The highest BCUT2D eigenvalue weighted by molar-refractivity contribution is 7.74. The summed E-state index contributed by atoms with van der Waals surface area (Å²) in [5, 5.41) is 0.0441. The maximum atomic E-state index is 12.9. The van der Waals surface area contributed by atoms with Crippen LogP contribution < -0.4 is 10.6 Å². The van der Waals surface area contributed by atoms with Crippen LogP contribution in [0, 0.1) is 0 Å². The van der Waals surface area contributed by atoms with E-state index >= 15 is 0 Å². The van der Waals surface area contributed by atoms with E-state index in [0.717, 1.165) is 0 Å². The minimum Gasteiger partial charge on any atom is -0.398 e. The average Bonchev–Trinajstić information content (AvgIpc) is 2.48. The summed E-state index contributed by atoms with van der Waals surface area (Å²) in [5.74, 6) is -2.47. The molecule has 2 rings (SSSR count). The molecular weight excluding hydrogens is 304 g/mol. The van der Waals surface area contributed by atoms with Gasteiger partial charge in [-0.2, -0.15) is 13.2 Å². The van der Waals surface area contributed by atoms with E-state index in [9.17, 15) is 22.5 Å². The minimum absolute atomic E-state index is 0.0220. The number of alkyl halides is 3. The number of hydrogen-bond acceptors (Lipinski definition) is 3. The molecule has 0 atom stereocenters. The third-order valence-corrected chi connectivity index (χ3v) is 5.01. The van der Waals surface area contributed by atoms with Crippen molar-refractivity contribution < 1.29 is 27.1 Å². The average molecular weight is 314 g/mol. The van der Waals surface area contributed by atoms with E-state index in [2.05, 4.69) is 4.52 Å². The molecule has 2 aromatic rings. The van der Waals surface area contributed by atoms with Crippen LogP contribution in [-0.2, 0) is 13.9 Å². The lowest BCUT2D eigenvalue weighted by molar-refractivity contribution is -0.189. The molecule has 2 aromatic carbocycles. The molecule has 0 aliphatic carbocycles. The molecule has 0 unspecified atom stereocenters. The molecule has 0 N–H and O–H groups in total. The van der Waals surface area contributed by atoms with Gasteiger partial charge in [-0.1, -0.05) is 36.4 Å². The third-order valence-electron chi connectivity index (χ3n) is 2.64. The molecule has 7 heteroatoms. The topological polar surface area (TPSA) is 43.4 Å². The lowest BCUT2D eigenvalue weighted by Crippen LogP contribution is -2.29. The highest BCUT2D eigenvalue weighted by Crippen LogP contribution is 2.46. The number of halogens is 3. The van der Waals surface area contributed by atoms with Crippen LogP contribution in [0.3, 0.4) is 0 Å². The van der Waals surface area contributed by atoms with Crippen molar-refractivity contribution in [2.75, 3.05) is 0 Å². The molecule has 0 saturated heterocycles. The number of rotatable bonds is 3. The molecular formula is C14H10F3O3P. The summed E-state index contributed by atoms with van der Waals surface area (Å²) in [6, 6.07) is 14.7. The largest absolute Gasteiger partial charge is 0.491 e. The van der Waals surface area contributed by atoms with Crippen LogP contribution in [0.2, 0.25) is 0 Å². The summed E-state index contributed by atoms with van der Waals surface area (Å²) in [6.45, 7) is 0. The lowest BCUT2D eigenvalue weighted by atomic mass is 10.4. The van der Waals surface area contributed by atoms with Crippen LogP contribution >= 0.6 is 7.37 Å². The summed E-state index contributed by atoms with van der Waals surface area (Å²) in [6.07, 6.45) is -5.21. The number of carbonyl (C=O) groups excluding carboxylic acids is 1. The van der Waals surface area contributed by atoms with Crippen LogP contribution in [0.15, 0.2) is 60.7 Å². The van der Waals surface area contributed by atoms with Crippen molar-refractivity contribution in [1.82, 2.24) is 0 Å². The van der Waals surface area contributed by atoms with E-state index in [0.29, 0.717) is 0 Å². The summed E-state index contributed by atoms with van der Waals surface area (Å²) >= 11 is 0. The van der Waals surface area contributed by atoms with Crippen molar-refractivity contribution in [3.63, 3.8) is 0 Å². The van der Waals surface area contributed by atoms with Gasteiger partial charge in [0.15, 0.2) is 0 Å². The van der Waals surface area contributed by atoms with Crippen molar-refractivity contribution in [2.45, 2.75) is 6.18 Å². The van der Waals surface area contributed by atoms with Crippen molar-refractivity contribution in [3.05, 3.63) is 60.7 Å². The Morgan fingerprint density at radius 1 is 0.857 bits per heavy atom. The van der Waals surface area contributed by atoms with Crippen molar-refractivity contribution in [1.29, 1.82) is 0 Å². The van der Waals surface area contributed by atoms with Crippen LogP contribution in [0.1, 0.15) is 0 Å². The summed E-state index contributed by atoms with van der Waals surface area (Å²) < 4.78 is 54.5. The smallest absolute Gasteiger partial charge is 0.398 e. The van der Waals surface area contributed by atoms with E-state index in [1.807, 2.05) is 0 Å². The zero-order valence-electron chi connectivity index (χ0n) is 10.6. The third kappa shape index (κ3) is 3.34. The van der Waals surface area contributed by atoms with Crippen LogP contribution in [-0.4, -0.2) is 12.1 Å². The Balaban J connectivity index is 2.51. The molecule has 0 aliphatic heterocycles. The van der Waals surface area contributed by atoms with E-state index in [-0.39, 0.29) is 10.6 Å². The second-order valence-corrected chi connectivity index (χ2v) is 6.42. The number of carbonyl (C=O) groups is 1. The molecule has 0 fully saturated rings. The Labute approximate surface area is 118 Å². The quantitative estimate of drug-likeness (QED) is 0.818. The molecule has 0 spiro atoms. The van der Waals surface area contributed by atoms with Gasteiger partial charge in [0.05, 0.1) is 10.6 Å². The minimum atomic E-state index is -5.21. The Bertz CT molecular complexity index is 625. The molecule has 110 valence electrons. The first kappa shape index (κ1) is 15.3. The Hall–Kier alpha value is -2.07. The van der Waals surface area contributed by atoms with Gasteiger partial charge in [0.2, 0.25) is 0 Å². The van der Waals surface area contributed by atoms with Gasteiger partial charge in [-0.3, -0.25) is 4.57 Å². The molecule has 0 aliphatic rings. The van der Waals surface area contributed by atoms with Crippen molar-refractivity contribution in [3.8, 4) is 0 Å². The predicted octanol–water partition coefficient (Wildman–Crippen LogP) is 3.02. The zero-order valence-corrected chi connectivity index (χ0v) is 11.5. The molecule has 0 heterocycles. The van der Waals surface area contributed by atoms with Gasteiger partial charge in [-0.25, -0.2) is 4.79 Å². The van der Waals surface area contributed by atoms with Gasteiger partial charge in [-0.15, -0.1) is 0 Å².